The number of carbonyl (C=O) groups excluding carboxylic acids is 1. The van der Waals surface area contributed by atoms with Gasteiger partial charge < -0.3 is 10.2 Å². The lowest BCUT2D eigenvalue weighted by atomic mass is 9.98. The average molecular weight is 242 g/mol. The zero-order valence-electron chi connectivity index (χ0n) is 10.5. The van der Waals surface area contributed by atoms with Crippen molar-refractivity contribution >= 4 is 5.91 Å². The molecule has 3 nitrogen and oxygen atoms in total. The van der Waals surface area contributed by atoms with Crippen molar-refractivity contribution in [3.05, 3.63) is 47.0 Å². The highest BCUT2D eigenvalue weighted by Gasteiger charge is 2.18. The van der Waals surface area contributed by atoms with Crippen LogP contribution < -0.4 is 5.32 Å². The molecule has 2 heterocycles. The quantitative estimate of drug-likeness (QED) is 0.761. The highest BCUT2D eigenvalue weighted by molar-refractivity contribution is 5.94. The number of carbonyl (C=O) groups is 1. The maximum absolute atomic E-state index is 12.4. The van der Waals surface area contributed by atoms with E-state index in [9.17, 15) is 4.79 Å². The molecule has 1 amide bonds. The Bertz CT molecular complexity index is 493. The summed E-state index contributed by atoms with van der Waals surface area (Å²) in [7, 11) is 0. The maximum atomic E-state index is 12.4. The molecule has 0 atom stereocenters. The van der Waals surface area contributed by atoms with Gasteiger partial charge in [0.25, 0.3) is 5.91 Å². The Morgan fingerprint density at radius 2 is 2.17 bits per heavy atom. The van der Waals surface area contributed by atoms with Gasteiger partial charge in [-0.3, -0.25) is 4.79 Å². The third-order valence-corrected chi connectivity index (χ3v) is 3.69. The number of nitrogens with one attached hydrogen (secondary N) is 1. The van der Waals surface area contributed by atoms with Crippen molar-refractivity contribution in [2.24, 2.45) is 0 Å². The first kappa shape index (κ1) is 11.5. The van der Waals surface area contributed by atoms with E-state index in [1.807, 2.05) is 11.0 Å². The number of fused-ring (bicyclic) bond motifs is 1. The van der Waals surface area contributed by atoms with Crippen LogP contribution in [0.1, 0.15) is 27.9 Å². The molecule has 0 spiro atoms. The molecule has 1 N–H and O–H groups in total. The number of benzene rings is 1. The summed E-state index contributed by atoms with van der Waals surface area (Å²) in [6.07, 6.45) is 6.25. The Kier molecular flexibility index (Phi) is 3.15. The minimum absolute atomic E-state index is 0.160. The molecule has 18 heavy (non-hydrogen) atoms. The summed E-state index contributed by atoms with van der Waals surface area (Å²) in [5.74, 6) is 0.160. The van der Waals surface area contributed by atoms with Crippen LogP contribution in [-0.2, 0) is 13.0 Å². The number of rotatable bonds is 1. The lowest BCUT2D eigenvalue weighted by molar-refractivity contribution is 0.0771. The molecular formula is C15H18N2O. The van der Waals surface area contributed by atoms with E-state index < -0.39 is 0 Å². The van der Waals surface area contributed by atoms with Crippen LogP contribution in [-0.4, -0.2) is 30.4 Å². The second-order valence-electron chi connectivity index (χ2n) is 4.92. The van der Waals surface area contributed by atoms with Crippen LogP contribution in [0, 0.1) is 0 Å². The van der Waals surface area contributed by atoms with E-state index in [1.165, 1.54) is 11.1 Å². The fourth-order valence-corrected chi connectivity index (χ4v) is 2.62. The van der Waals surface area contributed by atoms with Gasteiger partial charge in [-0.2, -0.15) is 0 Å². The first-order valence-corrected chi connectivity index (χ1v) is 6.61. The molecular weight excluding hydrogens is 224 g/mol. The summed E-state index contributed by atoms with van der Waals surface area (Å²) in [5, 5.41) is 3.35. The second-order valence-corrected chi connectivity index (χ2v) is 4.92. The van der Waals surface area contributed by atoms with E-state index in [2.05, 4.69) is 29.6 Å². The number of nitrogens with zero attached hydrogens (tertiary/aromatic N) is 1. The van der Waals surface area contributed by atoms with Crippen LogP contribution in [0.5, 0.6) is 0 Å². The summed E-state index contributed by atoms with van der Waals surface area (Å²) in [6.45, 7) is 3.51. The van der Waals surface area contributed by atoms with Crippen molar-refractivity contribution in [1.29, 1.82) is 0 Å². The second kappa shape index (κ2) is 4.94. The molecule has 94 valence electrons. The SMILES string of the molecule is O=C(c1ccc2c(c1)CNCC2)N1CC=CCC1. The molecule has 3 heteroatoms. The Balaban J connectivity index is 1.83. The number of hydrogen-bond donors (Lipinski definition) is 1. The molecule has 3 rings (SSSR count). The van der Waals surface area contributed by atoms with Crippen LogP contribution in [0.15, 0.2) is 30.4 Å². The average Bonchev–Trinajstić information content (AvgIpc) is 2.47. The molecule has 0 saturated carbocycles. The van der Waals surface area contributed by atoms with Crippen molar-refractivity contribution in [3.63, 3.8) is 0 Å². The van der Waals surface area contributed by atoms with E-state index in [1.54, 1.807) is 0 Å². The summed E-state index contributed by atoms with van der Waals surface area (Å²) in [5.41, 5.74) is 3.48. The van der Waals surface area contributed by atoms with E-state index in [0.717, 1.165) is 44.6 Å². The highest BCUT2D eigenvalue weighted by atomic mass is 16.2. The Morgan fingerprint density at radius 1 is 1.22 bits per heavy atom. The van der Waals surface area contributed by atoms with Gasteiger partial charge in [0, 0.05) is 25.2 Å². The van der Waals surface area contributed by atoms with Crippen molar-refractivity contribution in [2.75, 3.05) is 19.6 Å². The zero-order valence-corrected chi connectivity index (χ0v) is 10.5. The molecule has 1 aromatic carbocycles. The highest BCUT2D eigenvalue weighted by Crippen LogP contribution is 2.17. The van der Waals surface area contributed by atoms with Gasteiger partial charge in [-0.1, -0.05) is 18.2 Å². The molecule has 0 unspecified atom stereocenters. The third kappa shape index (κ3) is 2.18. The van der Waals surface area contributed by atoms with Crippen molar-refractivity contribution in [1.82, 2.24) is 10.2 Å². The van der Waals surface area contributed by atoms with Crippen molar-refractivity contribution in [2.45, 2.75) is 19.4 Å². The van der Waals surface area contributed by atoms with E-state index >= 15 is 0 Å². The third-order valence-electron chi connectivity index (χ3n) is 3.69. The smallest absolute Gasteiger partial charge is 0.254 e. The van der Waals surface area contributed by atoms with Gasteiger partial charge in [-0.05, 0) is 42.6 Å². The topological polar surface area (TPSA) is 32.3 Å². The Hall–Kier alpha value is -1.61. The summed E-state index contributed by atoms with van der Waals surface area (Å²) < 4.78 is 0. The van der Waals surface area contributed by atoms with Gasteiger partial charge in [0.15, 0.2) is 0 Å². The maximum Gasteiger partial charge on any atom is 0.254 e. The predicted molar refractivity (Wildman–Crippen MR) is 71.5 cm³/mol. The number of hydrogen-bond acceptors (Lipinski definition) is 2. The van der Waals surface area contributed by atoms with E-state index in [0.29, 0.717) is 0 Å². The predicted octanol–water partition coefficient (Wildman–Crippen LogP) is 1.73. The molecule has 0 aromatic heterocycles. The first-order valence-electron chi connectivity index (χ1n) is 6.61. The number of amides is 1. The molecule has 1 aromatic rings. The van der Waals surface area contributed by atoms with Gasteiger partial charge in [0.1, 0.15) is 0 Å². The fraction of sp³-hybridized carbons (Fsp3) is 0.400. The van der Waals surface area contributed by atoms with Gasteiger partial charge in [-0.15, -0.1) is 0 Å². The van der Waals surface area contributed by atoms with Crippen molar-refractivity contribution < 1.29 is 4.79 Å². The molecule has 0 radical (unpaired) electrons. The van der Waals surface area contributed by atoms with Crippen LogP contribution in [0.25, 0.3) is 0 Å². The van der Waals surface area contributed by atoms with Gasteiger partial charge in [0.2, 0.25) is 0 Å². The molecule has 2 aliphatic rings. The first-order chi connectivity index (χ1) is 8.84. The lowest BCUT2D eigenvalue weighted by Crippen LogP contribution is -2.34. The monoisotopic (exact) mass is 242 g/mol. The lowest BCUT2D eigenvalue weighted by Gasteiger charge is -2.24. The van der Waals surface area contributed by atoms with Crippen LogP contribution in [0.4, 0.5) is 0 Å². The molecule has 2 aliphatic heterocycles. The Labute approximate surface area is 107 Å². The van der Waals surface area contributed by atoms with Gasteiger partial charge >= 0.3 is 0 Å². The minimum atomic E-state index is 0.160. The standard InChI is InChI=1S/C15H18N2O/c18-15(17-8-2-1-3-9-17)13-5-4-12-6-7-16-11-14(12)10-13/h1-2,4-5,10,16H,3,6-9,11H2. The van der Waals surface area contributed by atoms with E-state index in [-0.39, 0.29) is 5.91 Å². The van der Waals surface area contributed by atoms with Crippen LogP contribution in [0.3, 0.4) is 0 Å². The summed E-state index contributed by atoms with van der Waals surface area (Å²) >= 11 is 0. The van der Waals surface area contributed by atoms with Gasteiger partial charge in [-0.25, -0.2) is 0 Å². The zero-order chi connectivity index (χ0) is 12.4. The molecule has 0 fully saturated rings. The van der Waals surface area contributed by atoms with Crippen LogP contribution >= 0.6 is 0 Å². The van der Waals surface area contributed by atoms with E-state index in [4.69, 9.17) is 0 Å². The Morgan fingerprint density at radius 3 is 3.00 bits per heavy atom. The molecule has 0 aliphatic carbocycles. The van der Waals surface area contributed by atoms with Crippen LogP contribution in [0.2, 0.25) is 0 Å². The summed E-state index contributed by atoms with van der Waals surface area (Å²) in [4.78, 5) is 14.3. The fourth-order valence-electron chi connectivity index (χ4n) is 2.62. The molecule has 0 saturated heterocycles. The van der Waals surface area contributed by atoms with Crippen molar-refractivity contribution in [3.8, 4) is 0 Å². The largest absolute Gasteiger partial charge is 0.335 e. The minimum Gasteiger partial charge on any atom is -0.335 e. The molecule has 0 bridgehead atoms. The normalized spacial score (nSPS) is 18.6. The van der Waals surface area contributed by atoms with Gasteiger partial charge in [0.05, 0.1) is 0 Å². The summed E-state index contributed by atoms with van der Waals surface area (Å²) in [6, 6.07) is 6.15.